The maximum absolute atomic E-state index is 12.9. The molecule has 0 saturated heterocycles. The van der Waals surface area contributed by atoms with Crippen LogP contribution in [0.5, 0.6) is 0 Å². The van der Waals surface area contributed by atoms with Gasteiger partial charge in [-0.15, -0.1) is 0 Å². The van der Waals surface area contributed by atoms with Crippen molar-refractivity contribution < 1.29 is 13.7 Å². The fourth-order valence-corrected chi connectivity index (χ4v) is 3.59. The number of carbonyl (C=O) groups excluding carboxylic acids is 1. The van der Waals surface area contributed by atoms with Crippen LogP contribution in [0.3, 0.4) is 0 Å². The zero-order valence-corrected chi connectivity index (χ0v) is 16.3. The Morgan fingerprint density at radius 2 is 1.87 bits per heavy atom. The van der Waals surface area contributed by atoms with Gasteiger partial charge in [-0.2, -0.15) is 0 Å². The standard InChI is InChI=1S/C15H24BrN3O3S/c1-5-18-23(21,13-8-6-12(16)7-9-13)19-11-10-17-14(20)22-15(2,3)4/h6-9H,5,10-11H2,1-4H3,(H,17,20)(H,18,19,21). The largest absolute Gasteiger partial charge is 0.444 e. The summed E-state index contributed by atoms with van der Waals surface area (Å²) in [7, 11) is -2.71. The third-order valence-electron chi connectivity index (χ3n) is 2.53. The molecule has 6 nitrogen and oxygen atoms in total. The van der Waals surface area contributed by atoms with Crippen molar-refractivity contribution in [1.29, 1.82) is 0 Å². The Hall–Kier alpha value is -1.12. The van der Waals surface area contributed by atoms with E-state index in [1.165, 1.54) is 0 Å². The van der Waals surface area contributed by atoms with Crippen molar-refractivity contribution in [3.8, 4) is 0 Å². The number of benzene rings is 1. The third-order valence-corrected chi connectivity index (χ3v) is 5.19. The summed E-state index contributed by atoms with van der Waals surface area (Å²) in [5.74, 6) is 0. The second kappa shape index (κ2) is 8.65. The van der Waals surface area contributed by atoms with Crippen molar-refractivity contribution in [3.63, 3.8) is 0 Å². The van der Waals surface area contributed by atoms with Gasteiger partial charge in [-0.3, -0.25) is 0 Å². The monoisotopic (exact) mass is 405 g/mol. The van der Waals surface area contributed by atoms with Gasteiger partial charge in [0.25, 0.3) is 0 Å². The van der Waals surface area contributed by atoms with Crippen molar-refractivity contribution in [3.05, 3.63) is 28.7 Å². The van der Waals surface area contributed by atoms with E-state index in [-0.39, 0.29) is 0 Å². The quantitative estimate of drug-likeness (QED) is 0.712. The minimum atomic E-state index is -2.71. The van der Waals surface area contributed by atoms with Gasteiger partial charge in [0.15, 0.2) is 0 Å². The van der Waals surface area contributed by atoms with E-state index < -0.39 is 21.6 Å². The number of nitrogens with zero attached hydrogens (tertiary/aromatic N) is 1. The molecule has 1 unspecified atom stereocenters. The Kier molecular flexibility index (Phi) is 7.50. The number of ether oxygens (including phenoxy) is 1. The highest BCUT2D eigenvalue weighted by Crippen LogP contribution is 2.16. The first-order valence-corrected chi connectivity index (χ1v) is 9.67. The molecule has 23 heavy (non-hydrogen) atoms. The lowest BCUT2D eigenvalue weighted by atomic mass is 10.2. The second-order valence-corrected chi connectivity index (χ2v) is 8.73. The molecule has 0 saturated carbocycles. The molecule has 1 rings (SSSR count). The Balaban J connectivity index is 2.62. The van der Waals surface area contributed by atoms with E-state index in [1.807, 2.05) is 19.1 Å². The average Bonchev–Trinajstić information content (AvgIpc) is 2.43. The number of carbonyl (C=O) groups is 1. The summed E-state index contributed by atoms with van der Waals surface area (Å²) in [6.07, 6.45) is -0.498. The average molecular weight is 406 g/mol. The molecule has 1 aromatic rings. The molecule has 8 heteroatoms. The van der Waals surface area contributed by atoms with Crippen LogP contribution in [0.2, 0.25) is 0 Å². The van der Waals surface area contributed by atoms with Gasteiger partial charge in [0.2, 0.25) is 0 Å². The lowest BCUT2D eigenvalue weighted by molar-refractivity contribution is 0.0529. The first-order chi connectivity index (χ1) is 10.7. The van der Waals surface area contributed by atoms with E-state index in [0.29, 0.717) is 24.5 Å². The summed E-state index contributed by atoms with van der Waals surface area (Å²) in [6, 6.07) is 7.17. The molecule has 0 bridgehead atoms. The maximum atomic E-state index is 12.9. The van der Waals surface area contributed by atoms with E-state index in [9.17, 15) is 9.00 Å². The SMILES string of the molecule is CCN=S(=O)(NCCNC(=O)OC(C)(C)C)c1ccc(Br)cc1. The van der Waals surface area contributed by atoms with Crippen LogP contribution in [0, 0.1) is 0 Å². The maximum Gasteiger partial charge on any atom is 0.407 e. The van der Waals surface area contributed by atoms with Crippen molar-refractivity contribution in [1.82, 2.24) is 10.0 Å². The Morgan fingerprint density at radius 3 is 2.39 bits per heavy atom. The number of alkyl carbamates (subject to hydrolysis) is 1. The van der Waals surface area contributed by atoms with Gasteiger partial charge in [-0.1, -0.05) is 15.9 Å². The second-order valence-electron chi connectivity index (χ2n) is 5.75. The predicted molar refractivity (Wildman–Crippen MR) is 95.8 cm³/mol. The Labute approximate surface area is 146 Å². The van der Waals surface area contributed by atoms with E-state index in [0.717, 1.165) is 4.47 Å². The molecule has 0 aliphatic carbocycles. The molecule has 0 fully saturated rings. The first-order valence-electron chi connectivity index (χ1n) is 7.36. The predicted octanol–water partition coefficient (Wildman–Crippen LogP) is 3.33. The van der Waals surface area contributed by atoms with Crippen LogP contribution < -0.4 is 10.0 Å². The van der Waals surface area contributed by atoms with Crippen molar-refractivity contribution >= 4 is 31.9 Å². The lowest BCUT2D eigenvalue weighted by Gasteiger charge is -2.20. The van der Waals surface area contributed by atoms with Crippen molar-refractivity contribution in [2.75, 3.05) is 19.6 Å². The summed E-state index contributed by atoms with van der Waals surface area (Å²) in [6.45, 7) is 8.27. The Morgan fingerprint density at radius 1 is 1.26 bits per heavy atom. The molecule has 1 aromatic carbocycles. The topological polar surface area (TPSA) is 79.8 Å². The highest BCUT2D eigenvalue weighted by molar-refractivity contribution is 9.10. The molecule has 1 amide bonds. The molecule has 0 heterocycles. The zero-order chi connectivity index (χ0) is 17.5. The first kappa shape index (κ1) is 19.9. The number of hydrogen-bond donors (Lipinski definition) is 2. The molecule has 130 valence electrons. The summed E-state index contributed by atoms with van der Waals surface area (Å²) >= 11 is 3.35. The molecule has 1 atom stereocenters. The number of halogens is 1. The van der Waals surface area contributed by atoms with Crippen LogP contribution in [0.1, 0.15) is 27.7 Å². The zero-order valence-electron chi connectivity index (χ0n) is 13.9. The van der Waals surface area contributed by atoms with Crippen LogP contribution in [-0.4, -0.2) is 35.5 Å². The summed E-state index contributed by atoms with van der Waals surface area (Å²) in [5, 5.41) is 2.62. The molecule has 0 spiro atoms. The van der Waals surface area contributed by atoms with E-state index in [4.69, 9.17) is 4.74 Å². The van der Waals surface area contributed by atoms with Gasteiger partial charge in [-0.25, -0.2) is 18.1 Å². The summed E-state index contributed by atoms with van der Waals surface area (Å²) < 4.78 is 26.1. The normalized spacial score (nSPS) is 14.0. The number of rotatable bonds is 6. The fourth-order valence-electron chi connectivity index (χ4n) is 1.67. The van der Waals surface area contributed by atoms with Gasteiger partial charge in [0, 0.05) is 24.1 Å². The van der Waals surface area contributed by atoms with Gasteiger partial charge in [0.1, 0.15) is 15.5 Å². The molecular formula is C15H24BrN3O3S. The minimum Gasteiger partial charge on any atom is -0.444 e. The summed E-state index contributed by atoms with van der Waals surface area (Å²) in [4.78, 5) is 12.2. The van der Waals surface area contributed by atoms with E-state index in [1.54, 1.807) is 32.9 Å². The molecule has 0 aliphatic heterocycles. The van der Waals surface area contributed by atoms with Crippen molar-refractivity contribution in [2.45, 2.75) is 38.2 Å². The highest BCUT2D eigenvalue weighted by Gasteiger charge is 2.16. The highest BCUT2D eigenvalue weighted by atomic mass is 79.9. The lowest BCUT2D eigenvalue weighted by Crippen LogP contribution is -2.37. The number of nitrogens with one attached hydrogen (secondary N) is 2. The summed E-state index contributed by atoms with van der Waals surface area (Å²) in [5.41, 5.74) is -0.542. The fraction of sp³-hybridized carbons (Fsp3) is 0.533. The molecular weight excluding hydrogens is 382 g/mol. The van der Waals surface area contributed by atoms with Crippen LogP contribution in [0.4, 0.5) is 4.79 Å². The van der Waals surface area contributed by atoms with Crippen LogP contribution >= 0.6 is 15.9 Å². The number of amides is 1. The van der Waals surface area contributed by atoms with Gasteiger partial charge in [0.05, 0.1) is 4.90 Å². The number of hydrogen-bond acceptors (Lipinski definition) is 4. The van der Waals surface area contributed by atoms with Crippen LogP contribution in [0.25, 0.3) is 0 Å². The van der Waals surface area contributed by atoms with Crippen LogP contribution in [0.15, 0.2) is 38.0 Å². The molecule has 2 N–H and O–H groups in total. The van der Waals surface area contributed by atoms with Crippen molar-refractivity contribution in [2.24, 2.45) is 4.36 Å². The molecule has 0 aliphatic rings. The van der Waals surface area contributed by atoms with Crippen LogP contribution in [-0.2, 0) is 14.7 Å². The Bertz CT molecular complexity index is 632. The smallest absolute Gasteiger partial charge is 0.407 e. The van der Waals surface area contributed by atoms with Gasteiger partial charge in [-0.05, 0) is 52.0 Å². The molecule has 0 aromatic heterocycles. The van der Waals surface area contributed by atoms with Gasteiger partial charge >= 0.3 is 6.09 Å². The molecule has 0 radical (unpaired) electrons. The van der Waals surface area contributed by atoms with Gasteiger partial charge < -0.3 is 10.1 Å². The van der Waals surface area contributed by atoms with E-state index in [2.05, 4.69) is 30.3 Å². The van der Waals surface area contributed by atoms with E-state index >= 15 is 0 Å². The minimum absolute atomic E-state index is 0.293. The third kappa shape index (κ3) is 7.32.